The first-order chi connectivity index (χ1) is 15.1. The summed E-state index contributed by atoms with van der Waals surface area (Å²) in [6.45, 7) is 3.27. The van der Waals surface area contributed by atoms with E-state index in [9.17, 15) is 9.59 Å². The van der Waals surface area contributed by atoms with E-state index < -0.39 is 0 Å². The maximum atomic E-state index is 13.5. The fourth-order valence-electron chi connectivity index (χ4n) is 3.71. The van der Waals surface area contributed by atoms with Crippen molar-refractivity contribution in [2.75, 3.05) is 13.7 Å². The second kappa shape index (κ2) is 9.31. The summed E-state index contributed by atoms with van der Waals surface area (Å²) in [5.41, 5.74) is 4.06. The average molecular weight is 437 g/mol. The predicted octanol–water partition coefficient (Wildman–Crippen LogP) is 4.44. The van der Waals surface area contributed by atoms with Crippen molar-refractivity contribution in [3.05, 3.63) is 74.7 Å². The second-order valence-electron chi connectivity index (χ2n) is 7.52. The summed E-state index contributed by atoms with van der Waals surface area (Å²) in [4.78, 5) is 30.6. The van der Waals surface area contributed by atoms with Gasteiger partial charge in [0.25, 0.3) is 5.91 Å². The first kappa shape index (κ1) is 21.1. The Morgan fingerprint density at radius 1 is 1.26 bits per heavy atom. The van der Waals surface area contributed by atoms with Crippen molar-refractivity contribution < 1.29 is 19.1 Å². The van der Waals surface area contributed by atoms with Crippen LogP contribution in [-0.4, -0.2) is 35.7 Å². The predicted molar refractivity (Wildman–Crippen MR) is 119 cm³/mol. The molecular formula is C24H24N2O4S. The number of nitrogens with zero attached hydrogens (tertiary/aromatic N) is 2. The van der Waals surface area contributed by atoms with Crippen molar-refractivity contribution in [2.45, 2.75) is 32.9 Å². The van der Waals surface area contributed by atoms with Crippen LogP contribution in [0.15, 0.2) is 41.8 Å². The molecule has 0 N–H and O–H groups in total. The zero-order valence-electron chi connectivity index (χ0n) is 17.6. The van der Waals surface area contributed by atoms with Crippen molar-refractivity contribution >= 4 is 23.5 Å². The number of benzene rings is 2. The van der Waals surface area contributed by atoms with Gasteiger partial charge in [-0.05, 0) is 43.0 Å². The van der Waals surface area contributed by atoms with Crippen LogP contribution < -0.4 is 9.47 Å². The van der Waals surface area contributed by atoms with Crippen molar-refractivity contribution in [1.29, 1.82) is 0 Å². The van der Waals surface area contributed by atoms with Gasteiger partial charge < -0.3 is 14.4 Å². The van der Waals surface area contributed by atoms with Crippen LogP contribution in [0.2, 0.25) is 0 Å². The van der Waals surface area contributed by atoms with Gasteiger partial charge in [-0.3, -0.25) is 9.59 Å². The largest absolute Gasteiger partial charge is 0.496 e. The van der Waals surface area contributed by atoms with Gasteiger partial charge in [0.05, 0.1) is 13.7 Å². The molecule has 2 heterocycles. The summed E-state index contributed by atoms with van der Waals surface area (Å²) >= 11 is 1.39. The summed E-state index contributed by atoms with van der Waals surface area (Å²) in [5, 5.41) is 2.44. The van der Waals surface area contributed by atoms with Crippen molar-refractivity contribution in [2.24, 2.45) is 0 Å². The number of aromatic nitrogens is 1. The number of fused-ring (bicyclic) bond motifs is 4. The molecule has 0 fully saturated rings. The number of aryl methyl sites for hydroxylation is 1. The molecule has 0 aliphatic carbocycles. The molecule has 0 saturated carbocycles. The fourth-order valence-corrected chi connectivity index (χ4v) is 4.46. The summed E-state index contributed by atoms with van der Waals surface area (Å²) < 4.78 is 11.6. The highest BCUT2D eigenvalue weighted by Gasteiger charge is 2.21. The Hall–Kier alpha value is -3.19. The quantitative estimate of drug-likeness (QED) is 0.566. The van der Waals surface area contributed by atoms with E-state index in [1.54, 1.807) is 29.5 Å². The number of methoxy groups -OCH3 is 1. The van der Waals surface area contributed by atoms with Gasteiger partial charge in [0.15, 0.2) is 6.29 Å². The van der Waals surface area contributed by atoms with E-state index in [2.05, 4.69) is 17.1 Å². The van der Waals surface area contributed by atoms with Gasteiger partial charge in [-0.1, -0.05) is 24.3 Å². The monoisotopic (exact) mass is 436 g/mol. The van der Waals surface area contributed by atoms with E-state index >= 15 is 0 Å². The molecule has 4 bridgehead atoms. The molecule has 4 rings (SSSR count). The molecule has 31 heavy (non-hydrogen) atoms. The van der Waals surface area contributed by atoms with Crippen molar-refractivity contribution in [3.63, 3.8) is 0 Å². The third-order valence-corrected chi connectivity index (χ3v) is 6.21. The minimum atomic E-state index is -0.114. The fraction of sp³-hybridized carbons (Fsp3) is 0.292. The lowest BCUT2D eigenvalue weighted by atomic mass is 10.1. The zero-order chi connectivity index (χ0) is 21.8. The van der Waals surface area contributed by atoms with Gasteiger partial charge in [-0.15, -0.1) is 11.3 Å². The lowest BCUT2D eigenvalue weighted by Crippen LogP contribution is -2.32. The van der Waals surface area contributed by atoms with Gasteiger partial charge in [0.2, 0.25) is 0 Å². The SMILES string of the molecule is COc1cc2cc(c1C)OCc1cccc(c1)CCCN(Cc1nc(C=O)cs1)C2=O. The number of hydrogen-bond acceptors (Lipinski definition) is 6. The van der Waals surface area contributed by atoms with Crippen LogP contribution >= 0.6 is 11.3 Å². The van der Waals surface area contributed by atoms with Crippen LogP contribution in [0.4, 0.5) is 0 Å². The molecule has 1 aliphatic rings. The molecule has 6 nitrogen and oxygen atoms in total. The smallest absolute Gasteiger partial charge is 0.254 e. The molecule has 1 amide bonds. The molecule has 1 aliphatic heterocycles. The standard InChI is InChI=1S/C24H24N2O4S/c1-16-21(29-2)10-19-11-22(16)30-14-18-6-3-5-17(9-18)7-4-8-26(24(19)28)12-23-25-20(13-27)15-31-23/h3,5-6,9-11,13,15H,4,7-8,12,14H2,1-2H3. The molecule has 160 valence electrons. The number of aldehydes is 1. The van der Waals surface area contributed by atoms with E-state index in [1.807, 2.05) is 19.1 Å². The number of amides is 1. The highest BCUT2D eigenvalue weighted by atomic mass is 32.1. The minimum absolute atomic E-state index is 0.114. The first-order valence-corrected chi connectivity index (χ1v) is 11.0. The maximum absolute atomic E-state index is 13.5. The van der Waals surface area contributed by atoms with Crippen LogP contribution in [0, 0.1) is 6.92 Å². The van der Waals surface area contributed by atoms with Gasteiger partial charge in [-0.25, -0.2) is 4.98 Å². The van der Waals surface area contributed by atoms with Gasteiger partial charge in [0.1, 0.15) is 28.8 Å². The Labute approximate surface area is 185 Å². The van der Waals surface area contributed by atoms with Gasteiger partial charge in [0, 0.05) is 23.1 Å². The number of ether oxygens (including phenoxy) is 2. The summed E-state index contributed by atoms with van der Waals surface area (Å²) in [7, 11) is 1.59. The van der Waals surface area contributed by atoms with E-state index in [-0.39, 0.29) is 5.91 Å². The highest BCUT2D eigenvalue weighted by molar-refractivity contribution is 7.09. The minimum Gasteiger partial charge on any atom is -0.496 e. The Morgan fingerprint density at radius 2 is 2.10 bits per heavy atom. The first-order valence-electron chi connectivity index (χ1n) is 10.2. The molecule has 0 saturated heterocycles. The highest BCUT2D eigenvalue weighted by Crippen LogP contribution is 2.31. The lowest BCUT2D eigenvalue weighted by Gasteiger charge is -2.23. The Kier molecular flexibility index (Phi) is 6.32. The molecule has 0 unspecified atom stereocenters. The molecule has 0 atom stereocenters. The molecule has 1 aromatic heterocycles. The normalized spacial score (nSPS) is 14.1. The number of thiazole rings is 1. The number of carbonyl (C=O) groups is 2. The molecule has 2 aromatic carbocycles. The van der Waals surface area contributed by atoms with Crippen LogP contribution in [0.5, 0.6) is 11.5 Å². The van der Waals surface area contributed by atoms with E-state index in [1.165, 1.54) is 16.9 Å². The zero-order valence-corrected chi connectivity index (χ0v) is 18.4. The maximum Gasteiger partial charge on any atom is 0.254 e. The van der Waals surface area contributed by atoms with Crippen LogP contribution in [0.3, 0.4) is 0 Å². The van der Waals surface area contributed by atoms with Crippen LogP contribution in [0.1, 0.15) is 49.0 Å². The summed E-state index contributed by atoms with van der Waals surface area (Å²) in [6, 6.07) is 11.9. The van der Waals surface area contributed by atoms with Crippen molar-refractivity contribution in [3.8, 4) is 11.5 Å². The van der Waals surface area contributed by atoms with E-state index in [0.717, 1.165) is 35.3 Å². The third-order valence-electron chi connectivity index (χ3n) is 5.36. The molecule has 0 spiro atoms. The van der Waals surface area contributed by atoms with E-state index in [4.69, 9.17) is 9.47 Å². The van der Waals surface area contributed by atoms with E-state index in [0.29, 0.717) is 42.5 Å². The molecule has 7 heteroatoms. The van der Waals surface area contributed by atoms with Gasteiger partial charge in [-0.2, -0.15) is 0 Å². The summed E-state index contributed by atoms with van der Waals surface area (Å²) in [5.74, 6) is 1.13. The number of hydrogen-bond donors (Lipinski definition) is 0. The van der Waals surface area contributed by atoms with Crippen LogP contribution in [-0.2, 0) is 19.6 Å². The molecule has 0 radical (unpaired) electrons. The van der Waals surface area contributed by atoms with Gasteiger partial charge >= 0.3 is 0 Å². The average Bonchev–Trinajstić information content (AvgIpc) is 3.25. The van der Waals surface area contributed by atoms with Crippen LogP contribution in [0.25, 0.3) is 0 Å². The lowest BCUT2D eigenvalue weighted by molar-refractivity contribution is 0.0740. The van der Waals surface area contributed by atoms with Crippen molar-refractivity contribution in [1.82, 2.24) is 9.88 Å². The Balaban J connectivity index is 1.72. The summed E-state index contributed by atoms with van der Waals surface area (Å²) in [6.07, 6.45) is 2.40. The second-order valence-corrected chi connectivity index (χ2v) is 8.47. The topological polar surface area (TPSA) is 68.7 Å². The Bertz CT molecular complexity index is 1110. The number of rotatable bonds is 4. The third kappa shape index (κ3) is 4.77. The Morgan fingerprint density at radius 3 is 2.87 bits per heavy atom. The molecule has 3 aromatic rings. The molecular weight excluding hydrogens is 412 g/mol. The number of carbonyl (C=O) groups excluding carboxylic acids is 2.